The summed E-state index contributed by atoms with van der Waals surface area (Å²) >= 11 is 0. The highest BCUT2D eigenvalue weighted by atomic mass is 19.1. The second kappa shape index (κ2) is 5.38. The number of halogens is 1. The van der Waals surface area contributed by atoms with Gasteiger partial charge in [-0.3, -0.25) is 4.79 Å². The van der Waals surface area contributed by atoms with Gasteiger partial charge >= 0.3 is 0 Å². The van der Waals surface area contributed by atoms with Gasteiger partial charge in [-0.05, 0) is 67.6 Å². The van der Waals surface area contributed by atoms with Crippen LogP contribution in [0.25, 0.3) is 10.9 Å². The summed E-state index contributed by atoms with van der Waals surface area (Å²) in [7, 11) is 1.45. The number of hydrogen-bond acceptors (Lipinski definition) is 3. The van der Waals surface area contributed by atoms with E-state index >= 15 is 4.39 Å². The Kier molecular flexibility index (Phi) is 3.27. The molecule has 156 valence electrons. The maximum atomic E-state index is 15.0. The molecule has 5 fully saturated rings. The molecule has 6 heteroatoms. The van der Waals surface area contributed by atoms with E-state index in [9.17, 15) is 10.1 Å². The van der Waals surface area contributed by atoms with Gasteiger partial charge in [-0.2, -0.15) is 5.26 Å². The first kappa shape index (κ1) is 18.2. The van der Waals surface area contributed by atoms with Crippen molar-refractivity contribution in [1.82, 2.24) is 9.88 Å². The smallest absolute Gasteiger partial charge is 0.230 e. The lowest BCUT2D eigenvalue weighted by atomic mass is 9.33. The van der Waals surface area contributed by atoms with E-state index in [4.69, 9.17) is 4.74 Å². The number of carbonyl (C=O) groups excluding carboxylic acids is 1. The van der Waals surface area contributed by atoms with Crippen LogP contribution in [0.4, 0.5) is 4.39 Å². The maximum Gasteiger partial charge on any atom is 0.230 e. The SMILES string of the molecule is COc1ccc2[nH]cc(C(C)C(=O)N3C4CC5(C#N)CC6(C4)CC3CC56C)c2c1F. The highest BCUT2D eigenvalue weighted by molar-refractivity contribution is 5.93. The zero-order valence-corrected chi connectivity index (χ0v) is 17.6. The average molecular weight is 407 g/mol. The zero-order valence-electron chi connectivity index (χ0n) is 17.6. The van der Waals surface area contributed by atoms with E-state index in [0.717, 1.165) is 32.1 Å². The van der Waals surface area contributed by atoms with Crippen LogP contribution >= 0.6 is 0 Å². The van der Waals surface area contributed by atoms with E-state index in [1.807, 2.05) is 6.92 Å². The van der Waals surface area contributed by atoms with Gasteiger partial charge in [-0.1, -0.05) is 6.92 Å². The quantitative estimate of drug-likeness (QED) is 0.815. The Morgan fingerprint density at radius 3 is 2.77 bits per heavy atom. The largest absolute Gasteiger partial charge is 0.494 e. The number of nitrogens with zero attached hydrogens (tertiary/aromatic N) is 2. The van der Waals surface area contributed by atoms with Gasteiger partial charge in [0.25, 0.3) is 0 Å². The van der Waals surface area contributed by atoms with Crippen LogP contribution < -0.4 is 4.74 Å². The molecular weight excluding hydrogens is 381 g/mol. The number of fused-ring (bicyclic) bond motifs is 2. The molecule has 4 bridgehead atoms. The number of benzene rings is 1. The van der Waals surface area contributed by atoms with E-state index in [-0.39, 0.29) is 40.0 Å². The topological polar surface area (TPSA) is 69.1 Å². The van der Waals surface area contributed by atoms with Crippen molar-refractivity contribution in [2.75, 3.05) is 7.11 Å². The number of aromatic nitrogens is 1. The molecule has 1 aromatic heterocycles. The summed E-state index contributed by atoms with van der Waals surface area (Å²) in [5.41, 5.74) is 1.35. The highest BCUT2D eigenvalue weighted by Crippen LogP contribution is 2.83. The first-order valence-corrected chi connectivity index (χ1v) is 10.9. The Morgan fingerprint density at radius 1 is 1.33 bits per heavy atom. The molecule has 6 unspecified atom stereocenters. The van der Waals surface area contributed by atoms with E-state index in [1.165, 1.54) is 7.11 Å². The van der Waals surface area contributed by atoms with Crippen LogP contribution in [0.15, 0.2) is 18.3 Å². The number of carbonyl (C=O) groups is 1. The van der Waals surface area contributed by atoms with Gasteiger partial charge in [0, 0.05) is 29.2 Å². The number of hydrogen-bond donors (Lipinski definition) is 1. The van der Waals surface area contributed by atoms with Crippen molar-refractivity contribution < 1.29 is 13.9 Å². The zero-order chi connectivity index (χ0) is 21.1. The minimum absolute atomic E-state index is 0.0362. The number of nitriles is 1. The van der Waals surface area contributed by atoms with Crippen molar-refractivity contribution in [3.8, 4) is 11.8 Å². The van der Waals surface area contributed by atoms with Crippen molar-refractivity contribution in [3.63, 3.8) is 0 Å². The summed E-state index contributed by atoms with van der Waals surface area (Å²) in [6.45, 7) is 4.16. The number of piperidine rings is 1. The van der Waals surface area contributed by atoms with Crippen molar-refractivity contribution in [3.05, 3.63) is 29.7 Å². The van der Waals surface area contributed by atoms with Gasteiger partial charge < -0.3 is 14.6 Å². The molecule has 1 spiro atoms. The normalized spacial score (nSPS) is 39.0. The van der Waals surface area contributed by atoms with Crippen LogP contribution in [0.2, 0.25) is 0 Å². The Morgan fingerprint density at radius 2 is 2.07 bits per heavy atom. The molecule has 1 aliphatic heterocycles. The molecule has 6 atom stereocenters. The number of likely N-dealkylation sites (tertiary alicyclic amines) is 1. The van der Waals surface area contributed by atoms with Gasteiger partial charge in [-0.25, -0.2) is 4.39 Å². The summed E-state index contributed by atoms with van der Waals surface area (Å²) in [5, 5.41) is 10.4. The van der Waals surface area contributed by atoms with Gasteiger partial charge in [0.2, 0.25) is 5.91 Å². The average Bonchev–Trinajstić information content (AvgIpc) is 3.22. The fraction of sp³-hybridized carbons (Fsp3) is 0.583. The molecule has 30 heavy (non-hydrogen) atoms. The van der Waals surface area contributed by atoms with E-state index in [2.05, 4.69) is 22.9 Å². The third kappa shape index (κ3) is 1.78. The van der Waals surface area contributed by atoms with Crippen LogP contribution in [0.3, 0.4) is 0 Å². The summed E-state index contributed by atoms with van der Waals surface area (Å²) in [5.74, 6) is -0.651. The fourth-order valence-electron chi connectivity index (χ4n) is 7.98. The molecule has 5 nitrogen and oxygen atoms in total. The first-order chi connectivity index (χ1) is 14.3. The molecular formula is C24H26FN3O2. The lowest BCUT2D eigenvalue weighted by Gasteiger charge is -2.71. The molecule has 1 N–H and O–H groups in total. The Hall–Kier alpha value is -2.55. The lowest BCUT2D eigenvalue weighted by Crippen LogP contribution is -2.69. The number of ether oxygens (including phenoxy) is 1. The second-order valence-electron chi connectivity index (χ2n) is 10.3. The number of aromatic amines is 1. The standard InChI is InChI=1S/C24H26FN3O2/c1-13(16-10-27-17-4-5-18(30-3)20(25)19(16)17)21(29)28-14-6-22(2)23(7-14)8-15(28)9-24(22,11-23)12-26/h4-5,10,13-15,27H,6-9,11H2,1-3H3. The third-order valence-corrected chi connectivity index (χ3v) is 9.44. The summed E-state index contributed by atoms with van der Waals surface area (Å²) in [4.78, 5) is 19.0. The molecule has 1 aromatic carbocycles. The monoisotopic (exact) mass is 407 g/mol. The predicted molar refractivity (Wildman–Crippen MR) is 109 cm³/mol. The van der Waals surface area contributed by atoms with E-state index < -0.39 is 11.7 Å². The van der Waals surface area contributed by atoms with E-state index in [1.54, 1.807) is 18.3 Å². The number of nitrogens with one attached hydrogen (secondary N) is 1. The number of rotatable bonds is 3. The van der Waals surface area contributed by atoms with Gasteiger partial charge in [-0.15, -0.1) is 0 Å². The predicted octanol–water partition coefficient (Wildman–Crippen LogP) is 4.49. The van der Waals surface area contributed by atoms with Crippen LogP contribution in [-0.2, 0) is 4.79 Å². The first-order valence-electron chi connectivity index (χ1n) is 10.9. The van der Waals surface area contributed by atoms with Gasteiger partial charge in [0.05, 0.1) is 24.5 Å². The van der Waals surface area contributed by atoms with Crippen molar-refractivity contribution in [1.29, 1.82) is 5.26 Å². The number of H-pyrrole nitrogens is 1. The minimum atomic E-state index is -0.462. The maximum absolute atomic E-state index is 15.0. The summed E-state index contributed by atoms with van der Waals surface area (Å²) in [6.07, 6.45) is 6.49. The Labute approximate surface area is 175 Å². The summed E-state index contributed by atoms with van der Waals surface area (Å²) < 4.78 is 20.2. The fourth-order valence-corrected chi connectivity index (χ4v) is 7.98. The van der Waals surface area contributed by atoms with Crippen molar-refractivity contribution in [2.45, 2.75) is 64.0 Å². The van der Waals surface area contributed by atoms with Gasteiger partial charge in [0.1, 0.15) is 0 Å². The lowest BCUT2D eigenvalue weighted by molar-refractivity contribution is -0.218. The van der Waals surface area contributed by atoms with Crippen LogP contribution in [0, 0.1) is 33.4 Å². The van der Waals surface area contributed by atoms with E-state index in [0.29, 0.717) is 16.5 Å². The highest BCUT2D eigenvalue weighted by Gasteiger charge is 2.81. The second-order valence-corrected chi connectivity index (χ2v) is 10.3. The Bertz CT molecular complexity index is 1150. The molecule has 4 saturated carbocycles. The van der Waals surface area contributed by atoms with Gasteiger partial charge in [0.15, 0.2) is 11.6 Å². The molecule has 2 heterocycles. The molecule has 1 saturated heterocycles. The molecule has 0 radical (unpaired) electrons. The summed E-state index contributed by atoms with van der Waals surface area (Å²) in [6, 6.07) is 6.38. The molecule has 7 rings (SSSR count). The van der Waals surface area contributed by atoms with Crippen molar-refractivity contribution in [2.24, 2.45) is 16.2 Å². The molecule has 2 aromatic rings. The van der Waals surface area contributed by atoms with Crippen molar-refractivity contribution >= 4 is 16.8 Å². The third-order valence-electron chi connectivity index (χ3n) is 9.44. The van der Waals surface area contributed by atoms with Crippen LogP contribution in [0.5, 0.6) is 5.75 Å². The molecule has 4 aliphatic carbocycles. The number of methoxy groups -OCH3 is 1. The molecule has 5 aliphatic rings. The Balaban J connectivity index is 1.38. The van der Waals surface area contributed by atoms with Crippen LogP contribution in [-0.4, -0.2) is 35.0 Å². The number of amides is 1. The minimum Gasteiger partial charge on any atom is -0.494 e. The van der Waals surface area contributed by atoms with Crippen LogP contribution in [0.1, 0.15) is 57.4 Å². The molecule has 1 amide bonds.